The van der Waals surface area contributed by atoms with Crippen LogP contribution in [0, 0.1) is 5.92 Å². The lowest BCUT2D eigenvalue weighted by atomic mass is 9.78. The lowest BCUT2D eigenvalue weighted by molar-refractivity contribution is -0.0943. The van der Waals surface area contributed by atoms with Crippen LogP contribution in [0.2, 0.25) is 0 Å². The van der Waals surface area contributed by atoms with Gasteiger partial charge in [0.2, 0.25) is 0 Å². The maximum atomic E-state index is 13.6. The number of benzene rings is 1. The number of halogens is 2. The van der Waals surface area contributed by atoms with Gasteiger partial charge in [0, 0.05) is 11.5 Å². The lowest BCUT2D eigenvalue weighted by Gasteiger charge is -2.33. The van der Waals surface area contributed by atoms with Gasteiger partial charge < -0.3 is 0 Å². The summed E-state index contributed by atoms with van der Waals surface area (Å²) in [5.74, 6) is -3.03. The molecule has 1 aromatic carbocycles. The van der Waals surface area contributed by atoms with Crippen LogP contribution in [0.15, 0.2) is 30.3 Å². The Labute approximate surface area is 76.6 Å². The molecule has 0 aliphatic heterocycles. The van der Waals surface area contributed by atoms with E-state index in [9.17, 15) is 8.78 Å². The van der Waals surface area contributed by atoms with E-state index in [1.165, 1.54) is 12.1 Å². The van der Waals surface area contributed by atoms with Crippen molar-refractivity contribution in [3.05, 3.63) is 35.9 Å². The zero-order valence-electron chi connectivity index (χ0n) is 7.34. The summed E-state index contributed by atoms with van der Waals surface area (Å²) >= 11 is 0. The summed E-state index contributed by atoms with van der Waals surface area (Å²) < 4.78 is 27.2. The Morgan fingerprint density at radius 1 is 1.08 bits per heavy atom. The Hall–Kier alpha value is -0.920. The quantitative estimate of drug-likeness (QED) is 0.655. The van der Waals surface area contributed by atoms with Crippen LogP contribution in [0.3, 0.4) is 0 Å². The van der Waals surface area contributed by atoms with E-state index in [0.29, 0.717) is 12.8 Å². The topological polar surface area (TPSA) is 0 Å². The molecule has 2 rings (SSSR count). The van der Waals surface area contributed by atoms with Gasteiger partial charge in [0.15, 0.2) is 0 Å². The van der Waals surface area contributed by atoms with E-state index in [2.05, 4.69) is 0 Å². The monoisotopic (exact) mass is 182 g/mol. The Morgan fingerprint density at radius 2 is 1.69 bits per heavy atom. The third-order valence-corrected chi connectivity index (χ3v) is 2.78. The minimum absolute atomic E-state index is 0.166. The maximum Gasteiger partial charge on any atom is 0.276 e. The van der Waals surface area contributed by atoms with Crippen LogP contribution in [-0.4, -0.2) is 0 Å². The molecule has 0 spiro atoms. The number of hydrogen-bond acceptors (Lipinski definition) is 0. The first kappa shape index (κ1) is 8.67. The molecule has 0 bridgehead atoms. The van der Waals surface area contributed by atoms with Crippen molar-refractivity contribution in [3.8, 4) is 0 Å². The maximum absolute atomic E-state index is 13.6. The predicted octanol–water partition coefficient (Wildman–Crippen LogP) is 3.58. The highest BCUT2D eigenvalue weighted by Crippen LogP contribution is 2.46. The molecule has 0 aromatic heterocycles. The van der Waals surface area contributed by atoms with Gasteiger partial charge in [-0.2, -0.15) is 0 Å². The van der Waals surface area contributed by atoms with Gasteiger partial charge in [0.25, 0.3) is 5.92 Å². The van der Waals surface area contributed by atoms with Crippen molar-refractivity contribution in [2.24, 2.45) is 5.92 Å². The normalized spacial score (nSPS) is 18.3. The van der Waals surface area contributed by atoms with Crippen LogP contribution in [-0.2, 0) is 5.92 Å². The van der Waals surface area contributed by atoms with E-state index in [1.807, 2.05) is 0 Å². The van der Waals surface area contributed by atoms with Crippen LogP contribution in [0.25, 0.3) is 0 Å². The average molecular weight is 182 g/mol. The van der Waals surface area contributed by atoms with Gasteiger partial charge in [0.05, 0.1) is 0 Å². The highest BCUT2D eigenvalue weighted by Gasteiger charge is 2.43. The molecule has 1 aromatic rings. The van der Waals surface area contributed by atoms with Crippen molar-refractivity contribution < 1.29 is 8.78 Å². The number of rotatable bonds is 2. The molecule has 0 nitrogen and oxygen atoms in total. The number of hydrogen-bond donors (Lipinski definition) is 0. The van der Waals surface area contributed by atoms with Gasteiger partial charge in [-0.1, -0.05) is 36.8 Å². The van der Waals surface area contributed by atoms with E-state index >= 15 is 0 Å². The lowest BCUT2D eigenvalue weighted by Crippen LogP contribution is -2.30. The van der Waals surface area contributed by atoms with Crippen LogP contribution in [0.1, 0.15) is 24.8 Å². The van der Waals surface area contributed by atoms with Gasteiger partial charge in [-0.25, -0.2) is 8.78 Å². The van der Waals surface area contributed by atoms with E-state index in [1.54, 1.807) is 18.2 Å². The van der Waals surface area contributed by atoms with Gasteiger partial charge in [-0.05, 0) is 12.8 Å². The standard InChI is InChI=1S/C11H12F2/c12-11(13,10-7-4-8-10)9-5-2-1-3-6-9/h1-3,5-6,10H,4,7-8H2. The van der Waals surface area contributed by atoms with Crippen molar-refractivity contribution >= 4 is 0 Å². The third kappa shape index (κ3) is 1.45. The largest absolute Gasteiger partial charge is 0.276 e. The minimum Gasteiger partial charge on any atom is -0.201 e. The molecule has 1 aliphatic rings. The SMILES string of the molecule is FC(F)(c1ccccc1)C1CCC1. The summed E-state index contributed by atoms with van der Waals surface area (Å²) in [5, 5.41) is 0. The Kier molecular flexibility index (Phi) is 2.06. The van der Waals surface area contributed by atoms with Gasteiger partial charge in [0.1, 0.15) is 0 Å². The van der Waals surface area contributed by atoms with Crippen molar-refractivity contribution in [2.75, 3.05) is 0 Å². The van der Waals surface area contributed by atoms with Crippen LogP contribution < -0.4 is 0 Å². The zero-order chi connectivity index (χ0) is 9.31. The molecule has 0 atom stereocenters. The fourth-order valence-corrected chi connectivity index (χ4v) is 1.67. The summed E-state index contributed by atoms with van der Waals surface area (Å²) in [6.45, 7) is 0. The minimum atomic E-state index is -2.61. The molecule has 0 heterocycles. The molecule has 0 saturated heterocycles. The van der Waals surface area contributed by atoms with Crippen LogP contribution >= 0.6 is 0 Å². The fraction of sp³-hybridized carbons (Fsp3) is 0.455. The molecular formula is C11H12F2. The van der Waals surface area contributed by atoms with Gasteiger partial charge >= 0.3 is 0 Å². The zero-order valence-corrected chi connectivity index (χ0v) is 7.34. The van der Waals surface area contributed by atoms with E-state index < -0.39 is 11.8 Å². The molecule has 0 radical (unpaired) electrons. The molecule has 2 heteroatoms. The van der Waals surface area contributed by atoms with E-state index in [0.717, 1.165) is 6.42 Å². The second-order valence-electron chi connectivity index (χ2n) is 3.62. The first-order valence-corrected chi connectivity index (χ1v) is 4.64. The molecule has 1 saturated carbocycles. The Morgan fingerprint density at radius 3 is 2.15 bits per heavy atom. The average Bonchev–Trinajstić information content (AvgIpc) is 2.02. The molecule has 0 amide bonds. The first-order valence-electron chi connectivity index (χ1n) is 4.64. The van der Waals surface area contributed by atoms with Crippen molar-refractivity contribution in [2.45, 2.75) is 25.2 Å². The van der Waals surface area contributed by atoms with Crippen LogP contribution in [0.5, 0.6) is 0 Å². The fourth-order valence-electron chi connectivity index (χ4n) is 1.67. The summed E-state index contributed by atoms with van der Waals surface area (Å²) in [7, 11) is 0. The van der Waals surface area contributed by atoms with Crippen molar-refractivity contribution in [1.82, 2.24) is 0 Å². The Balaban J connectivity index is 2.23. The Bertz CT molecular complexity index is 275. The summed E-state index contributed by atoms with van der Waals surface area (Å²) in [6, 6.07) is 8.13. The summed E-state index contributed by atoms with van der Waals surface area (Å²) in [4.78, 5) is 0. The van der Waals surface area contributed by atoms with Crippen molar-refractivity contribution in [1.29, 1.82) is 0 Å². The third-order valence-electron chi connectivity index (χ3n) is 2.78. The molecule has 13 heavy (non-hydrogen) atoms. The molecule has 0 N–H and O–H groups in total. The van der Waals surface area contributed by atoms with Gasteiger partial charge in [-0.15, -0.1) is 0 Å². The second kappa shape index (κ2) is 3.09. The summed E-state index contributed by atoms with van der Waals surface area (Å²) in [5.41, 5.74) is 0.166. The van der Waals surface area contributed by atoms with E-state index in [4.69, 9.17) is 0 Å². The smallest absolute Gasteiger partial charge is 0.201 e. The molecular weight excluding hydrogens is 170 g/mol. The predicted molar refractivity (Wildman–Crippen MR) is 47.7 cm³/mol. The highest BCUT2D eigenvalue weighted by molar-refractivity contribution is 5.21. The molecule has 70 valence electrons. The molecule has 1 aliphatic carbocycles. The summed E-state index contributed by atoms with van der Waals surface area (Å²) in [6.07, 6.45) is 2.29. The molecule has 0 unspecified atom stereocenters. The van der Waals surface area contributed by atoms with Crippen LogP contribution in [0.4, 0.5) is 8.78 Å². The first-order chi connectivity index (χ1) is 6.21. The molecule has 1 fully saturated rings. The van der Waals surface area contributed by atoms with E-state index in [-0.39, 0.29) is 5.56 Å². The second-order valence-corrected chi connectivity index (χ2v) is 3.62. The van der Waals surface area contributed by atoms with Gasteiger partial charge in [-0.3, -0.25) is 0 Å². The highest BCUT2D eigenvalue weighted by atomic mass is 19.3. The van der Waals surface area contributed by atoms with Crippen molar-refractivity contribution in [3.63, 3.8) is 0 Å². The number of alkyl halides is 2.